The summed E-state index contributed by atoms with van der Waals surface area (Å²) in [5, 5.41) is 14.5. The zero-order valence-corrected chi connectivity index (χ0v) is 14.9. The number of amides is 1. The van der Waals surface area contributed by atoms with Crippen LogP contribution in [0.1, 0.15) is 27.3 Å². The van der Waals surface area contributed by atoms with Crippen LogP contribution in [0.4, 0.5) is 5.69 Å². The van der Waals surface area contributed by atoms with Gasteiger partial charge >= 0.3 is 0 Å². The Labute approximate surface area is 156 Å². The molecule has 0 aliphatic rings. The molecule has 0 bridgehead atoms. The Balaban J connectivity index is 1.65. The maximum absolute atomic E-state index is 12.2. The molecule has 2 aromatic carbocycles. The molecule has 0 aliphatic carbocycles. The predicted molar refractivity (Wildman–Crippen MR) is 103 cm³/mol. The molecular formula is C20H18N4O3. The van der Waals surface area contributed by atoms with Crippen molar-refractivity contribution >= 4 is 17.8 Å². The lowest BCUT2D eigenvalue weighted by atomic mass is 10.2. The quantitative estimate of drug-likeness (QED) is 0.426. The fraction of sp³-hybridized carbons (Fsp3) is 0.100. The van der Waals surface area contributed by atoms with E-state index in [9.17, 15) is 14.9 Å². The monoisotopic (exact) mass is 362 g/mol. The Morgan fingerprint density at radius 3 is 2.15 bits per heavy atom. The van der Waals surface area contributed by atoms with Crippen LogP contribution in [0.3, 0.4) is 0 Å². The van der Waals surface area contributed by atoms with Gasteiger partial charge in [0.05, 0.1) is 11.1 Å². The van der Waals surface area contributed by atoms with E-state index in [0.29, 0.717) is 11.1 Å². The van der Waals surface area contributed by atoms with Gasteiger partial charge in [0.2, 0.25) is 0 Å². The third-order valence-corrected chi connectivity index (χ3v) is 4.14. The van der Waals surface area contributed by atoms with Gasteiger partial charge in [-0.05, 0) is 67.9 Å². The molecule has 0 atom stereocenters. The van der Waals surface area contributed by atoms with Gasteiger partial charge in [0.1, 0.15) is 0 Å². The third kappa shape index (κ3) is 4.09. The maximum atomic E-state index is 12.2. The fourth-order valence-corrected chi connectivity index (χ4v) is 2.75. The number of carbonyl (C=O) groups excluding carboxylic acids is 1. The second-order valence-corrected chi connectivity index (χ2v) is 6.05. The van der Waals surface area contributed by atoms with Crippen molar-refractivity contribution in [1.29, 1.82) is 0 Å². The number of nitrogens with zero attached hydrogens (tertiary/aromatic N) is 3. The van der Waals surface area contributed by atoms with Crippen molar-refractivity contribution in [3.63, 3.8) is 0 Å². The van der Waals surface area contributed by atoms with Crippen molar-refractivity contribution in [3.05, 3.63) is 93.3 Å². The normalized spacial score (nSPS) is 10.9. The van der Waals surface area contributed by atoms with E-state index in [-0.39, 0.29) is 11.6 Å². The van der Waals surface area contributed by atoms with Gasteiger partial charge in [-0.2, -0.15) is 5.10 Å². The van der Waals surface area contributed by atoms with Crippen molar-refractivity contribution in [2.45, 2.75) is 13.8 Å². The fourth-order valence-electron chi connectivity index (χ4n) is 2.75. The number of nitro benzene ring substituents is 1. The molecule has 0 saturated heterocycles. The minimum atomic E-state index is -0.469. The van der Waals surface area contributed by atoms with Gasteiger partial charge in [-0.3, -0.25) is 14.9 Å². The average Bonchev–Trinajstić information content (AvgIpc) is 3.00. The molecule has 7 nitrogen and oxygen atoms in total. The van der Waals surface area contributed by atoms with Crippen LogP contribution in [0.5, 0.6) is 0 Å². The lowest BCUT2D eigenvalue weighted by molar-refractivity contribution is -0.384. The van der Waals surface area contributed by atoms with E-state index in [4.69, 9.17) is 0 Å². The highest BCUT2D eigenvalue weighted by molar-refractivity contribution is 5.95. The Kier molecular flexibility index (Phi) is 5.12. The second kappa shape index (κ2) is 7.65. The minimum absolute atomic E-state index is 0.00411. The molecule has 1 N–H and O–H groups in total. The summed E-state index contributed by atoms with van der Waals surface area (Å²) in [6.45, 7) is 4.06. The lowest BCUT2D eigenvalue weighted by Crippen LogP contribution is -2.17. The number of rotatable bonds is 5. The molecule has 1 aromatic heterocycles. The molecule has 136 valence electrons. The smallest absolute Gasteiger partial charge is 0.271 e. The third-order valence-electron chi connectivity index (χ3n) is 4.14. The van der Waals surface area contributed by atoms with E-state index in [0.717, 1.165) is 17.1 Å². The van der Waals surface area contributed by atoms with Crippen LogP contribution in [-0.4, -0.2) is 21.6 Å². The predicted octanol–water partition coefficient (Wildman–Crippen LogP) is 3.77. The van der Waals surface area contributed by atoms with Crippen LogP contribution in [0.25, 0.3) is 5.69 Å². The summed E-state index contributed by atoms with van der Waals surface area (Å²) < 4.78 is 2.11. The SMILES string of the molecule is Cc1ccc(C)n1-c1ccc(C(=O)N/N=C\c2ccc([N+](=O)[O-])cc2)cc1. The molecule has 3 aromatic rings. The Morgan fingerprint density at radius 2 is 1.59 bits per heavy atom. The molecule has 0 spiro atoms. The highest BCUT2D eigenvalue weighted by atomic mass is 16.6. The topological polar surface area (TPSA) is 89.5 Å². The molecule has 3 rings (SSSR count). The summed E-state index contributed by atoms with van der Waals surface area (Å²) in [4.78, 5) is 22.3. The summed E-state index contributed by atoms with van der Waals surface area (Å²) in [6.07, 6.45) is 1.43. The van der Waals surface area contributed by atoms with Crippen LogP contribution >= 0.6 is 0 Å². The Hall–Kier alpha value is -3.74. The summed E-state index contributed by atoms with van der Waals surface area (Å²) in [5.41, 5.74) is 6.82. The standard InChI is InChI=1S/C20H18N4O3/c1-14-3-4-15(2)23(14)18-11-7-17(8-12-18)20(25)22-21-13-16-5-9-19(10-6-16)24(26)27/h3-13H,1-2H3,(H,22,25)/b21-13-. The number of nitrogens with one attached hydrogen (secondary N) is 1. The zero-order valence-electron chi connectivity index (χ0n) is 14.9. The number of hydrazone groups is 1. The van der Waals surface area contributed by atoms with Gasteiger partial charge in [-0.1, -0.05) is 0 Å². The van der Waals surface area contributed by atoms with E-state index in [2.05, 4.69) is 15.1 Å². The van der Waals surface area contributed by atoms with E-state index in [1.54, 1.807) is 24.3 Å². The molecular weight excluding hydrogens is 344 g/mol. The molecule has 0 unspecified atom stereocenters. The van der Waals surface area contributed by atoms with Gasteiger partial charge in [-0.25, -0.2) is 5.43 Å². The van der Waals surface area contributed by atoms with Crippen molar-refractivity contribution in [1.82, 2.24) is 9.99 Å². The molecule has 1 heterocycles. The molecule has 1 amide bonds. The minimum Gasteiger partial charge on any atom is -0.319 e. The number of hydrogen-bond donors (Lipinski definition) is 1. The van der Waals surface area contributed by atoms with Gasteiger partial charge in [0, 0.05) is 34.8 Å². The lowest BCUT2D eigenvalue weighted by Gasteiger charge is -2.10. The van der Waals surface area contributed by atoms with Crippen LogP contribution in [0.15, 0.2) is 65.8 Å². The Morgan fingerprint density at radius 1 is 1.00 bits per heavy atom. The number of hydrogen-bond acceptors (Lipinski definition) is 4. The Bertz CT molecular complexity index is 983. The van der Waals surface area contributed by atoms with Crippen molar-refractivity contribution in [3.8, 4) is 5.69 Å². The molecule has 7 heteroatoms. The van der Waals surface area contributed by atoms with Crippen LogP contribution in [0, 0.1) is 24.0 Å². The molecule has 0 fully saturated rings. The van der Waals surface area contributed by atoms with Crippen molar-refractivity contribution in [2.75, 3.05) is 0 Å². The van der Waals surface area contributed by atoms with E-state index in [1.165, 1.54) is 18.3 Å². The molecule has 0 aliphatic heterocycles. The number of aryl methyl sites for hydroxylation is 2. The number of non-ortho nitro benzene ring substituents is 1. The van der Waals surface area contributed by atoms with Gasteiger partial charge in [0.15, 0.2) is 0 Å². The van der Waals surface area contributed by atoms with E-state index in [1.807, 2.05) is 38.1 Å². The highest BCUT2D eigenvalue weighted by Crippen LogP contribution is 2.17. The molecule has 27 heavy (non-hydrogen) atoms. The van der Waals surface area contributed by atoms with Crippen molar-refractivity contribution in [2.24, 2.45) is 5.10 Å². The van der Waals surface area contributed by atoms with E-state index >= 15 is 0 Å². The first-order valence-electron chi connectivity index (χ1n) is 8.29. The summed E-state index contributed by atoms with van der Waals surface area (Å²) in [7, 11) is 0. The molecule has 0 saturated carbocycles. The van der Waals surface area contributed by atoms with Crippen LogP contribution in [0.2, 0.25) is 0 Å². The number of aromatic nitrogens is 1. The average molecular weight is 362 g/mol. The highest BCUT2D eigenvalue weighted by Gasteiger charge is 2.07. The van der Waals surface area contributed by atoms with Crippen molar-refractivity contribution < 1.29 is 9.72 Å². The first-order chi connectivity index (χ1) is 13.0. The summed E-state index contributed by atoms with van der Waals surface area (Å²) in [5.74, 6) is -0.333. The van der Waals surface area contributed by atoms with Gasteiger partial charge in [-0.15, -0.1) is 0 Å². The van der Waals surface area contributed by atoms with Crippen LogP contribution < -0.4 is 5.43 Å². The van der Waals surface area contributed by atoms with E-state index < -0.39 is 4.92 Å². The number of nitro groups is 1. The largest absolute Gasteiger partial charge is 0.319 e. The maximum Gasteiger partial charge on any atom is 0.271 e. The first kappa shape index (κ1) is 18.1. The summed E-state index contributed by atoms with van der Waals surface area (Å²) in [6, 6.07) is 17.2. The first-order valence-corrected chi connectivity index (χ1v) is 8.29. The second-order valence-electron chi connectivity index (χ2n) is 6.05. The number of carbonyl (C=O) groups is 1. The number of benzene rings is 2. The zero-order chi connectivity index (χ0) is 19.4. The van der Waals surface area contributed by atoms with Gasteiger partial charge in [0.25, 0.3) is 11.6 Å². The van der Waals surface area contributed by atoms with Gasteiger partial charge < -0.3 is 4.57 Å². The summed E-state index contributed by atoms with van der Waals surface area (Å²) >= 11 is 0. The van der Waals surface area contributed by atoms with Crippen LogP contribution in [-0.2, 0) is 0 Å². The molecule has 0 radical (unpaired) electrons.